The number of hydrogen-bond donors (Lipinski definition) is 1. The van der Waals surface area contributed by atoms with E-state index in [-0.39, 0.29) is 18.7 Å². The van der Waals surface area contributed by atoms with Crippen molar-refractivity contribution >= 4 is 16.0 Å². The zero-order chi connectivity index (χ0) is 25.8. The molecule has 3 aromatic carbocycles. The van der Waals surface area contributed by atoms with Crippen molar-refractivity contribution in [1.82, 2.24) is 9.29 Å². The number of nitrogens with zero attached hydrogens (tertiary/aromatic N) is 2. The lowest BCUT2D eigenvalue weighted by Crippen LogP contribution is -2.48. The average molecular weight is 519 g/mol. The SMILES string of the molecule is O=C(O)C1Cc2ccc(OCCc3coc(-c4ccccc4)n3)cc2CN1S(=O)(=O)Cc1ccccc1. The quantitative estimate of drug-likeness (QED) is 0.352. The van der Waals surface area contributed by atoms with E-state index in [0.717, 1.165) is 26.7 Å². The van der Waals surface area contributed by atoms with Crippen LogP contribution in [-0.4, -0.2) is 41.4 Å². The van der Waals surface area contributed by atoms with Crippen LogP contribution < -0.4 is 4.74 Å². The van der Waals surface area contributed by atoms with Gasteiger partial charge >= 0.3 is 5.97 Å². The summed E-state index contributed by atoms with van der Waals surface area (Å²) in [5.74, 6) is -0.287. The van der Waals surface area contributed by atoms with Crippen molar-refractivity contribution < 1.29 is 27.5 Å². The second-order valence-electron chi connectivity index (χ2n) is 8.88. The maximum absolute atomic E-state index is 13.2. The van der Waals surface area contributed by atoms with Crippen molar-refractivity contribution in [3.8, 4) is 17.2 Å². The summed E-state index contributed by atoms with van der Waals surface area (Å²) in [7, 11) is -3.87. The molecule has 0 bridgehead atoms. The Labute approximate surface area is 215 Å². The number of oxazole rings is 1. The summed E-state index contributed by atoms with van der Waals surface area (Å²) in [4.78, 5) is 16.5. The third-order valence-electron chi connectivity index (χ3n) is 6.30. The Morgan fingerprint density at radius 2 is 1.76 bits per heavy atom. The van der Waals surface area contributed by atoms with Gasteiger partial charge < -0.3 is 14.3 Å². The van der Waals surface area contributed by atoms with E-state index in [2.05, 4.69) is 4.98 Å². The van der Waals surface area contributed by atoms with Gasteiger partial charge in [0.2, 0.25) is 15.9 Å². The molecule has 0 fully saturated rings. The molecular weight excluding hydrogens is 492 g/mol. The molecule has 0 spiro atoms. The van der Waals surface area contributed by atoms with E-state index in [4.69, 9.17) is 9.15 Å². The molecule has 0 aliphatic carbocycles. The highest BCUT2D eigenvalue weighted by atomic mass is 32.2. The number of aliphatic carboxylic acids is 1. The molecule has 1 atom stereocenters. The fourth-order valence-corrected chi connectivity index (χ4v) is 6.07. The lowest BCUT2D eigenvalue weighted by molar-refractivity contribution is -0.141. The van der Waals surface area contributed by atoms with Gasteiger partial charge in [0.25, 0.3) is 0 Å². The number of sulfonamides is 1. The molecule has 190 valence electrons. The molecule has 1 aromatic heterocycles. The number of carboxylic acid groups (broad SMARTS) is 1. The first-order chi connectivity index (χ1) is 17.9. The molecule has 2 heterocycles. The van der Waals surface area contributed by atoms with E-state index in [1.54, 1.807) is 48.7 Å². The monoisotopic (exact) mass is 518 g/mol. The number of carboxylic acids is 1. The Kier molecular flexibility index (Phi) is 7.07. The number of hydrogen-bond acceptors (Lipinski definition) is 6. The molecule has 9 heteroatoms. The third kappa shape index (κ3) is 5.73. The highest BCUT2D eigenvalue weighted by molar-refractivity contribution is 7.88. The van der Waals surface area contributed by atoms with Crippen LogP contribution in [0.15, 0.2) is 89.5 Å². The number of ether oxygens (including phenoxy) is 1. The molecule has 8 nitrogen and oxygen atoms in total. The highest BCUT2D eigenvalue weighted by Crippen LogP contribution is 2.30. The third-order valence-corrected chi connectivity index (χ3v) is 8.09. The second kappa shape index (κ2) is 10.6. The fraction of sp³-hybridized carbons (Fsp3) is 0.214. The molecule has 0 saturated carbocycles. The summed E-state index contributed by atoms with van der Waals surface area (Å²) < 4.78 is 39.0. The lowest BCUT2D eigenvalue weighted by atomic mass is 9.95. The van der Waals surface area contributed by atoms with Crippen LogP contribution >= 0.6 is 0 Å². The van der Waals surface area contributed by atoms with Crippen molar-refractivity contribution in [3.63, 3.8) is 0 Å². The Morgan fingerprint density at radius 1 is 1.03 bits per heavy atom. The van der Waals surface area contributed by atoms with Crippen molar-refractivity contribution in [2.75, 3.05) is 6.61 Å². The van der Waals surface area contributed by atoms with Crippen LogP contribution in [0.4, 0.5) is 0 Å². The van der Waals surface area contributed by atoms with Crippen LogP contribution in [0.25, 0.3) is 11.5 Å². The zero-order valence-electron chi connectivity index (χ0n) is 20.0. The normalized spacial score (nSPS) is 15.7. The van der Waals surface area contributed by atoms with Gasteiger partial charge in [-0.25, -0.2) is 13.4 Å². The summed E-state index contributed by atoms with van der Waals surface area (Å²) in [5, 5.41) is 9.77. The molecule has 1 aliphatic heterocycles. The number of fused-ring (bicyclic) bond motifs is 1. The van der Waals surface area contributed by atoms with Gasteiger partial charge in [-0.2, -0.15) is 4.31 Å². The van der Waals surface area contributed by atoms with Crippen molar-refractivity contribution in [1.29, 1.82) is 0 Å². The average Bonchev–Trinajstić information content (AvgIpc) is 3.38. The predicted molar refractivity (Wildman–Crippen MR) is 137 cm³/mol. The first-order valence-corrected chi connectivity index (χ1v) is 13.5. The van der Waals surface area contributed by atoms with Gasteiger partial charge in [-0.05, 0) is 41.0 Å². The first-order valence-electron chi connectivity index (χ1n) is 11.9. The minimum absolute atomic E-state index is 0.0254. The minimum atomic E-state index is -3.87. The summed E-state index contributed by atoms with van der Waals surface area (Å²) >= 11 is 0. The zero-order valence-corrected chi connectivity index (χ0v) is 20.8. The largest absolute Gasteiger partial charge is 0.493 e. The van der Waals surface area contributed by atoms with Crippen LogP contribution in [-0.2, 0) is 40.0 Å². The number of carbonyl (C=O) groups is 1. The van der Waals surface area contributed by atoms with E-state index in [0.29, 0.717) is 30.2 Å². The van der Waals surface area contributed by atoms with E-state index in [1.165, 1.54) is 0 Å². The summed E-state index contributed by atoms with van der Waals surface area (Å²) in [5.41, 5.74) is 3.81. The number of benzene rings is 3. The van der Waals surface area contributed by atoms with Gasteiger partial charge in [0, 0.05) is 24.9 Å². The van der Waals surface area contributed by atoms with Crippen LogP contribution in [0.5, 0.6) is 5.75 Å². The van der Waals surface area contributed by atoms with Gasteiger partial charge in [0.15, 0.2) is 0 Å². The Morgan fingerprint density at radius 3 is 2.49 bits per heavy atom. The molecular formula is C28H26N2O6S. The van der Waals surface area contributed by atoms with Gasteiger partial charge in [-0.1, -0.05) is 54.6 Å². The lowest BCUT2D eigenvalue weighted by Gasteiger charge is -2.33. The predicted octanol–water partition coefficient (Wildman–Crippen LogP) is 4.30. The smallest absolute Gasteiger partial charge is 0.322 e. The highest BCUT2D eigenvalue weighted by Gasteiger charge is 2.39. The van der Waals surface area contributed by atoms with Crippen molar-refractivity contribution in [2.24, 2.45) is 0 Å². The van der Waals surface area contributed by atoms with Crippen molar-refractivity contribution in [2.45, 2.75) is 31.2 Å². The maximum atomic E-state index is 13.2. The molecule has 0 radical (unpaired) electrons. The van der Waals surface area contributed by atoms with Gasteiger partial charge in [-0.3, -0.25) is 4.79 Å². The summed E-state index contributed by atoms with van der Waals surface area (Å²) in [6.45, 7) is 0.329. The van der Waals surface area contributed by atoms with E-state index in [1.807, 2.05) is 36.4 Å². The molecule has 1 aliphatic rings. The van der Waals surface area contributed by atoms with E-state index < -0.39 is 22.0 Å². The molecule has 5 rings (SSSR count). The molecule has 0 saturated heterocycles. The standard InChI is InChI=1S/C28H26N2O6S/c31-28(32)26-16-22-11-12-25(35-14-13-24-18-36-27(29-24)21-9-5-2-6-10-21)15-23(22)17-30(26)37(33,34)19-20-7-3-1-4-8-20/h1-12,15,18,26H,13-14,16-17,19H2,(H,31,32). The summed E-state index contributed by atoms with van der Waals surface area (Å²) in [6, 6.07) is 22.6. The molecule has 0 amide bonds. The molecule has 37 heavy (non-hydrogen) atoms. The number of rotatable bonds is 9. The van der Waals surface area contributed by atoms with E-state index in [9.17, 15) is 18.3 Å². The van der Waals surface area contributed by atoms with E-state index >= 15 is 0 Å². The van der Waals surface area contributed by atoms with Gasteiger partial charge in [-0.15, -0.1) is 0 Å². The Bertz CT molecular complexity index is 1490. The Hall–Kier alpha value is -3.95. The fourth-order valence-electron chi connectivity index (χ4n) is 4.41. The molecule has 4 aromatic rings. The number of aromatic nitrogens is 1. The second-order valence-corrected chi connectivity index (χ2v) is 10.8. The van der Waals surface area contributed by atoms with Crippen LogP contribution in [0.2, 0.25) is 0 Å². The Balaban J connectivity index is 1.27. The van der Waals surface area contributed by atoms with Crippen LogP contribution in [0.1, 0.15) is 22.4 Å². The summed E-state index contributed by atoms with van der Waals surface area (Å²) in [6.07, 6.45) is 2.24. The molecule has 1 unspecified atom stereocenters. The topological polar surface area (TPSA) is 110 Å². The molecule has 1 N–H and O–H groups in total. The van der Waals surface area contributed by atoms with Gasteiger partial charge in [0.05, 0.1) is 18.1 Å². The van der Waals surface area contributed by atoms with Gasteiger partial charge in [0.1, 0.15) is 18.1 Å². The minimum Gasteiger partial charge on any atom is -0.493 e. The van der Waals surface area contributed by atoms with Crippen molar-refractivity contribution in [3.05, 3.63) is 108 Å². The maximum Gasteiger partial charge on any atom is 0.322 e. The first kappa shape index (κ1) is 24.7. The van der Waals surface area contributed by atoms with Crippen LogP contribution in [0, 0.1) is 0 Å². The van der Waals surface area contributed by atoms with Crippen LogP contribution in [0.3, 0.4) is 0 Å².